The summed E-state index contributed by atoms with van der Waals surface area (Å²) < 4.78 is 4.86. The Hall–Kier alpha value is -1.26. The molecule has 17 heavy (non-hydrogen) atoms. The van der Waals surface area contributed by atoms with Crippen molar-refractivity contribution in [1.82, 2.24) is 0 Å². The van der Waals surface area contributed by atoms with Crippen molar-refractivity contribution in [3.8, 4) is 0 Å². The Morgan fingerprint density at radius 3 is 2.82 bits per heavy atom. The van der Waals surface area contributed by atoms with E-state index in [0.29, 0.717) is 34.5 Å². The highest BCUT2D eigenvalue weighted by atomic mass is 35.5. The number of hydrazone groups is 1. The summed E-state index contributed by atoms with van der Waals surface area (Å²) >= 11 is 11.6. The second kappa shape index (κ2) is 5.38. The van der Waals surface area contributed by atoms with Crippen LogP contribution in [0.5, 0.6) is 0 Å². The molecule has 1 fully saturated rings. The van der Waals surface area contributed by atoms with Gasteiger partial charge in [0.25, 0.3) is 0 Å². The van der Waals surface area contributed by atoms with Gasteiger partial charge in [-0.25, -0.2) is 4.79 Å². The van der Waals surface area contributed by atoms with E-state index in [1.54, 1.807) is 18.2 Å². The molecule has 0 aliphatic carbocycles. The maximum absolute atomic E-state index is 11.3. The Balaban J connectivity index is 2.08. The number of esters is 1. The number of hydrogen-bond donors (Lipinski definition) is 1. The van der Waals surface area contributed by atoms with Gasteiger partial charge in [0, 0.05) is 6.42 Å². The van der Waals surface area contributed by atoms with E-state index in [1.807, 2.05) is 0 Å². The molecule has 1 aromatic carbocycles. The van der Waals surface area contributed by atoms with Gasteiger partial charge in [-0.2, -0.15) is 5.10 Å². The molecule has 0 atom stereocenters. The van der Waals surface area contributed by atoms with Crippen LogP contribution in [0.15, 0.2) is 23.3 Å². The maximum Gasteiger partial charge on any atom is 0.354 e. The molecule has 1 aromatic rings. The van der Waals surface area contributed by atoms with Crippen molar-refractivity contribution in [2.45, 2.75) is 12.8 Å². The SMILES string of the molecule is O=C1OCCC/C1=N/Nc1ccc(Cl)c(Cl)c1. The summed E-state index contributed by atoms with van der Waals surface area (Å²) in [4.78, 5) is 11.3. The van der Waals surface area contributed by atoms with Crippen molar-refractivity contribution in [3.05, 3.63) is 28.2 Å². The Morgan fingerprint density at radius 1 is 1.29 bits per heavy atom. The van der Waals surface area contributed by atoms with Crippen LogP contribution in [0.3, 0.4) is 0 Å². The standard InChI is InChI=1S/C11H10Cl2N2O2/c12-8-4-3-7(6-9(8)13)14-15-10-2-1-5-17-11(10)16/h3-4,6,14H,1-2,5H2/b15-10-. The lowest BCUT2D eigenvalue weighted by molar-refractivity contribution is -0.137. The predicted molar refractivity (Wildman–Crippen MR) is 67.7 cm³/mol. The van der Waals surface area contributed by atoms with Crippen LogP contribution in [0.4, 0.5) is 5.69 Å². The zero-order valence-electron chi connectivity index (χ0n) is 8.87. The monoisotopic (exact) mass is 272 g/mol. The van der Waals surface area contributed by atoms with E-state index >= 15 is 0 Å². The number of halogens is 2. The van der Waals surface area contributed by atoms with Gasteiger partial charge in [-0.05, 0) is 24.6 Å². The van der Waals surface area contributed by atoms with Crippen LogP contribution < -0.4 is 5.43 Å². The molecule has 0 bridgehead atoms. The molecule has 1 heterocycles. The number of nitrogens with one attached hydrogen (secondary N) is 1. The quantitative estimate of drug-likeness (QED) is 0.665. The molecule has 0 unspecified atom stereocenters. The first-order chi connectivity index (χ1) is 8.16. The Kier molecular flexibility index (Phi) is 3.86. The van der Waals surface area contributed by atoms with Gasteiger partial charge >= 0.3 is 5.97 Å². The summed E-state index contributed by atoms with van der Waals surface area (Å²) in [6.45, 7) is 0.463. The number of carbonyl (C=O) groups is 1. The maximum atomic E-state index is 11.3. The van der Waals surface area contributed by atoms with Crippen LogP contribution >= 0.6 is 23.2 Å². The van der Waals surface area contributed by atoms with Crippen LogP contribution in [-0.4, -0.2) is 18.3 Å². The van der Waals surface area contributed by atoms with E-state index in [2.05, 4.69) is 10.5 Å². The smallest absolute Gasteiger partial charge is 0.354 e. The van der Waals surface area contributed by atoms with Crippen molar-refractivity contribution in [2.24, 2.45) is 5.10 Å². The lowest BCUT2D eigenvalue weighted by atomic mass is 10.2. The summed E-state index contributed by atoms with van der Waals surface area (Å²) in [6.07, 6.45) is 1.42. The van der Waals surface area contributed by atoms with Crippen molar-refractivity contribution in [2.75, 3.05) is 12.0 Å². The van der Waals surface area contributed by atoms with Crippen LogP contribution in [0.1, 0.15) is 12.8 Å². The van der Waals surface area contributed by atoms with E-state index in [4.69, 9.17) is 27.9 Å². The first kappa shape index (κ1) is 12.2. The minimum absolute atomic E-state index is 0.371. The van der Waals surface area contributed by atoms with Gasteiger partial charge in [-0.15, -0.1) is 0 Å². The zero-order valence-corrected chi connectivity index (χ0v) is 10.4. The van der Waals surface area contributed by atoms with Gasteiger partial charge in [0.1, 0.15) is 5.71 Å². The van der Waals surface area contributed by atoms with Gasteiger partial charge in [0.2, 0.25) is 0 Å². The minimum Gasteiger partial charge on any atom is -0.461 e. The normalized spacial score (nSPS) is 18.0. The van der Waals surface area contributed by atoms with Crippen molar-refractivity contribution in [1.29, 1.82) is 0 Å². The number of anilines is 1. The third-order valence-corrected chi connectivity index (χ3v) is 3.01. The summed E-state index contributed by atoms with van der Waals surface area (Å²) in [5.41, 5.74) is 3.82. The highest BCUT2D eigenvalue weighted by Gasteiger charge is 2.18. The molecule has 4 nitrogen and oxygen atoms in total. The summed E-state index contributed by atoms with van der Waals surface area (Å²) in [6, 6.07) is 5.03. The molecule has 1 saturated heterocycles. The zero-order chi connectivity index (χ0) is 12.3. The van der Waals surface area contributed by atoms with E-state index < -0.39 is 0 Å². The molecule has 0 aromatic heterocycles. The molecule has 0 amide bonds. The molecular formula is C11H10Cl2N2O2. The number of cyclic esters (lactones) is 1. The predicted octanol–water partition coefficient (Wildman–Crippen LogP) is 3.10. The topological polar surface area (TPSA) is 50.7 Å². The lowest BCUT2D eigenvalue weighted by Crippen LogP contribution is -2.24. The van der Waals surface area contributed by atoms with Gasteiger partial charge < -0.3 is 4.74 Å². The third-order valence-electron chi connectivity index (χ3n) is 2.27. The Morgan fingerprint density at radius 2 is 2.12 bits per heavy atom. The van der Waals surface area contributed by atoms with E-state index in [9.17, 15) is 4.79 Å². The molecule has 1 aliphatic heterocycles. The highest BCUT2D eigenvalue weighted by Crippen LogP contribution is 2.25. The first-order valence-corrected chi connectivity index (χ1v) is 5.87. The van der Waals surface area contributed by atoms with Crippen LogP contribution in [0.25, 0.3) is 0 Å². The lowest BCUT2D eigenvalue weighted by Gasteiger charge is -2.12. The van der Waals surface area contributed by atoms with Crippen molar-refractivity contribution in [3.63, 3.8) is 0 Å². The number of rotatable bonds is 2. The molecule has 1 aliphatic rings. The average Bonchev–Trinajstić information content (AvgIpc) is 2.32. The van der Waals surface area contributed by atoms with Gasteiger partial charge in [0.15, 0.2) is 0 Å². The molecule has 6 heteroatoms. The summed E-state index contributed by atoms with van der Waals surface area (Å²) in [7, 11) is 0. The molecule has 1 N–H and O–H groups in total. The fourth-order valence-electron chi connectivity index (χ4n) is 1.39. The minimum atomic E-state index is -0.371. The molecule has 0 saturated carbocycles. The van der Waals surface area contributed by atoms with Crippen LogP contribution in [0.2, 0.25) is 10.0 Å². The number of benzene rings is 1. The molecule has 2 rings (SSSR count). The van der Waals surface area contributed by atoms with Crippen molar-refractivity contribution >= 4 is 40.6 Å². The fraction of sp³-hybridized carbons (Fsp3) is 0.273. The Labute approximate surface area is 109 Å². The van der Waals surface area contributed by atoms with Crippen LogP contribution in [-0.2, 0) is 9.53 Å². The van der Waals surface area contributed by atoms with E-state index in [1.165, 1.54) is 0 Å². The first-order valence-electron chi connectivity index (χ1n) is 5.11. The van der Waals surface area contributed by atoms with E-state index in [0.717, 1.165) is 6.42 Å². The number of hydrogen-bond acceptors (Lipinski definition) is 4. The highest BCUT2D eigenvalue weighted by molar-refractivity contribution is 6.42. The van der Waals surface area contributed by atoms with Crippen molar-refractivity contribution < 1.29 is 9.53 Å². The third kappa shape index (κ3) is 3.11. The Bertz CT molecular complexity index is 475. The molecular weight excluding hydrogens is 263 g/mol. The molecule has 0 spiro atoms. The van der Waals surface area contributed by atoms with Gasteiger partial charge in [0.05, 0.1) is 22.3 Å². The molecule has 0 radical (unpaired) electrons. The average molecular weight is 273 g/mol. The van der Waals surface area contributed by atoms with Gasteiger partial charge in [-0.1, -0.05) is 23.2 Å². The number of ether oxygens (including phenoxy) is 1. The molecule has 90 valence electrons. The van der Waals surface area contributed by atoms with Gasteiger partial charge in [-0.3, -0.25) is 5.43 Å². The largest absolute Gasteiger partial charge is 0.461 e. The fourth-order valence-corrected chi connectivity index (χ4v) is 1.69. The number of nitrogens with zero attached hydrogens (tertiary/aromatic N) is 1. The van der Waals surface area contributed by atoms with Crippen LogP contribution in [0, 0.1) is 0 Å². The number of carbonyl (C=O) groups excluding carboxylic acids is 1. The summed E-state index contributed by atoms with van der Waals surface area (Å²) in [5.74, 6) is -0.371. The van der Waals surface area contributed by atoms with E-state index in [-0.39, 0.29) is 5.97 Å². The second-order valence-electron chi connectivity index (χ2n) is 3.54. The summed E-state index contributed by atoms with van der Waals surface area (Å²) in [5, 5.41) is 4.90. The second-order valence-corrected chi connectivity index (χ2v) is 4.35.